The second kappa shape index (κ2) is 4.55. The first-order valence-electron chi connectivity index (χ1n) is 4.52. The van der Waals surface area contributed by atoms with E-state index in [1.54, 1.807) is 0 Å². The normalized spacial score (nSPS) is 21.1. The van der Waals surface area contributed by atoms with Gasteiger partial charge in [-0.1, -0.05) is 0 Å². The summed E-state index contributed by atoms with van der Waals surface area (Å²) in [5.74, 6) is -0.0835. The first-order valence-corrected chi connectivity index (χ1v) is 4.52. The first kappa shape index (κ1) is 10.4. The van der Waals surface area contributed by atoms with Crippen LogP contribution in [0.3, 0.4) is 0 Å². The SMILES string of the molecule is CC(=O)NCC[N+]1([O-])CCOCC1. The molecule has 0 aromatic rings. The fraction of sp³-hybridized carbons (Fsp3) is 0.875. The van der Waals surface area contributed by atoms with E-state index >= 15 is 0 Å². The van der Waals surface area contributed by atoms with E-state index in [1.807, 2.05) is 0 Å². The Kier molecular flexibility index (Phi) is 3.65. The maximum absolute atomic E-state index is 11.8. The van der Waals surface area contributed by atoms with Crippen LogP contribution < -0.4 is 5.32 Å². The zero-order valence-electron chi connectivity index (χ0n) is 7.91. The highest BCUT2D eigenvalue weighted by Gasteiger charge is 2.20. The number of ether oxygens (including phenoxy) is 1. The molecule has 0 aromatic heterocycles. The monoisotopic (exact) mass is 188 g/mol. The quantitative estimate of drug-likeness (QED) is 0.478. The molecule has 5 nitrogen and oxygen atoms in total. The minimum Gasteiger partial charge on any atom is -0.633 e. The van der Waals surface area contributed by atoms with Crippen LogP contribution in [-0.4, -0.2) is 49.9 Å². The van der Waals surface area contributed by atoms with E-state index in [0.717, 1.165) is 0 Å². The van der Waals surface area contributed by atoms with Gasteiger partial charge in [-0.15, -0.1) is 0 Å². The van der Waals surface area contributed by atoms with Crippen molar-refractivity contribution in [3.63, 3.8) is 0 Å². The Hall–Kier alpha value is -0.650. The maximum Gasteiger partial charge on any atom is 0.217 e. The zero-order valence-corrected chi connectivity index (χ0v) is 7.91. The third kappa shape index (κ3) is 3.71. The molecule has 1 fully saturated rings. The summed E-state index contributed by atoms with van der Waals surface area (Å²) in [5.41, 5.74) is 0. The second-order valence-corrected chi connectivity index (χ2v) is 3.32. The number of morpholine rings is 1. The topological polar surface area (TPSA) is 61.4 Å². The van der Waals surface area contributed by atoms with E-state index in [0.29, 0.717) is 39.4 Å². The molecule has 1 N–H and O–H groups in total. The Labute approximate surface area is 77.8 Å². The molecular weight excluding hydrogens is 172 g/mol. The Morgan fingerprint density at radius 2 is 2.15 bits per heavy atom. The molecule has 13 heavy (non-hydrogen) atoms. The van der Waals surface area contributed by atoms with Gasteiger partial charge in [-0.25, -0.2) is 0 Å². The van der Waals surface area contributed by atoms with Crippen LogP contribution in [0.2, 0.25) is 0 Å². The summed E-state index contributed by atoms with van der Waals surface area (Å²) in [7, 11) is 0. The number of rotatable bonds is 3. The van der Waals surface area contributed by atoms with E-state index in [-0.39, 0.29) is 10.6 Å². The van der Waals surface area contributed by atoms with E-state index < -0.39 is 0 Å². The molecule has 1 amide bonds. The Morgan fingerprint density at radius 3 is 2.69 bits per heavy atom. The zero-order chi connectivity index (χ0) is 9.73. The fourth-order valence-electron chi connectivity index (χ4n) is 1.33. The maximum atomic E-state index is 11.8. The number of hydrogen-bond donors (Lipinski definition) is 1. The summed E-state index contributed by atoms with van der Waals surface area (Å²) in [6.45, 7) is 4.42. The largest absolute Gasteiger partial charge is 0.633 e. The highest BCUT2D eigenvalue weighted by atomic mass is 16.6. The average Bonchev–Trinajstić information content (AvgIpc) is 2.04. The summed E-state index contributed by atoms with van der Waals surface area (Å²) in [4.78, 5) is 10.5. The van der Waals surface area contributed by atoms with Gasteiger partial charge in [-0.3, -0.25) is 4.79 Å². The van der Waals surface area contributed by atoms with Crippen molar-refractivity contribution in [2.45, 2.75) is 6.92 Å². The van der Waals surface area contributed by atoms with Crippen molar-refractivity contribution < 1.29 is 14.2 Å². The van der Waals surface area contributed by atoms with Gasteiger partial charge in [0.15, 0.2) is 0 Å². The van der Waals surface area contributed by atoms with Gasteiger partial charge in [0, 0.05) is 6.92 Å². The van der Waals surface area contributed by atoms with Gasteiger partial charge in [0.05, 0.1) is 26.3 Å². The molecule has 1 rings (SSSR count). The number of nitrogens with one attached hydrogen (secondary N) is 1. The van der Waals surface area contributed by atoms with Gasteiger partial charge >= 0.3 is 0 Å². The lowest BCUT2D eigenvalue weighted by Gasteiger charge is -2.45. The smallest absolute Gasteiger partial charge is 0.217 e. The number of hydroxylamine groups is 3. The van der Waals surface area contributed by atoms with Crippen LogP contribution in [0.4, 0.5) is 0 Å². The number of nitrogens with zero attached hydrogens (tertiary/aromatic N) is 1. The number of quaternary nitrogens is 1. The van der Waals surface area contributed by atoms with Crippen molar-refractivity contribution in [1.82, 2.24) is 5.32 Å². The molecule has 1 saturated heterocycles. The van der Waals surface area contributed by atoms with Crippen molar-refractivity contribution in [3.05, 3.63) is 5.21 Å². The Bertz CT molecular complexity index is 178. The molecule has 1 heterocycles. The molecule has 1 aliphatic heterocycles. The molecule has 76 valence electrons. The highest BCUT2D eigenvalue weighted by Crippen LogP contribution is 2.07. The predicted molar refractivity (Wildman–Crippen MR) is 47.7 cm³/mol. The van der Waals surface area contributed by atoms with Crippen molar-refractivity contribution in [3.8, 4) is 0 Å². The number of hydrogen-bond acceptors (Lipinski definition) is 3. The van der Waals surface area contributed by atoms with Crippen molar-refractivity contribution >= 4 is 5.91 Å². The van der Waals surface area contributed by atoms with Crippen LogP contribution in [0.1, 0.15) is 6.92 Å². The summed E-state index contributed by atoms with van der Waals surface area (Å²) >= 11 is 0. The van der Waals surface area contributed by atoms with Gasteiger partial charge in [0.25, 0.3) is 0 Å². The molecule has 0 bridgehead atoms. The lowest BCUT2D eigenvalue weighted by atomic mass is 10.4. The lowest BCUT2D eigenvalue weighted by molar-refractivity contribution is -0.887. The molecule has 0 saturated carbocycles. The lowest BCUT2D eigenvalue weighted by Crippen LogP contribution is -2.53. The summed E-state index contributed by atoms with van der Waals surface area (Å²) < 4.78 is 4.85. The van der Waals surface area contributed by atoms with Crippen molar-refractivity contribution in [2.75, 3.05) is 39.4 Å². The minimum absolute atomic E-state index is 0.0835. The predicted octanol–water partition coefficient (Wildman–Crippen LogP) is -0.533. The second-order valence-electron chi connectivity index (χ2n) is 3.32. The van der Waals surface area contributed by atoms with Crippen LogP contribution in [-0.2, 0) is 9.53 Å². The third-order valence-corrected chi connectivity index (χ3v) is 2.18. The molecule has 0 aliphatic carbocycles. The highest BCUT2D eigenvalue weighted by molar-refractivity contribution is 5.72. The molecular formula is C8H16N2O3. The van der Waals surface area contributed by atoms with Crippen LogP contribution in [0.25, 0.3) is 0 Å². The van der Waals surface area contributed by atoms with Crippen molar-refractivity contribution in [2.24, 2.45) is 0 Å². The number of carbonyl (C=O) groups excluding carboxylic acids is 1. The van der Waals surface area contributed by atoms with Gasteiger partial charge in [-0.05, 0) is 0 Å². The Balaban J connectivity index is 2.21. The van der Waals surface area contributed by atoms with Gasteiger partial charge in [-0.2, -0.15) is 0 Å². The molecule has 0 radical (unpaired) electrons. The van der Waals surface area contributed by atoms with Crippen LogP contribution in [0, 0.1) is 5.21 Å². The molecule has 1 aliphatic rings. The average molecular weight is 188 g/mol. The Morgan fingerprint density at radius 1 is 1.54 bits per heavy atom. The van der Waals surface area contributed by atoms with Gasteiger partial charge < -0.3 is 19.9 Å². The minimum atomic E-state index is -0.236. The first-order chi connectivity index (χ1) is 6.12. The number of carbonyl (C=O) groups is 1. The molecule has 0 unspecified atom stereocenters. The van der Waals surface area contributed by atoms with Crippen molar-refractivity contribution in [1.29, 1.82) is 0 Å². The summed E-state index contributed by atoms with van der Waals surface area (Å²) in [6.07, 6.45) is 0. The van der Waals surface area contributed by atoms with E-state index in [4.69, 9.17) is 4.74 Å². The van der Waals surface area contributed by atoms with E-state index in [1.165, 1.54) is 6.92 Å². The fourth-order valence-corrected chi connectivity index (χ4v) is 1.33. The van der Waals surface area contributed by atoms with Crippen LogP contribution in [0.5, 0.6) is 0 Å². The molecule has 0 atom stereocenters. The van der Waals surface area contributed by atoms with Crippen LogP contribution in [0.15, 0.2) is 0 Å². The van der Waals surface area contributed by atoms with Gasteiger partial charge in [0.2, 0.25) is 5.91 Å². The number of amides is 1. The molecule has 0 spiro atoms. The van der Waals surface area contributed by atoms with Gasteiger partial charge in [0.1, 0.15) is 13.1 Å². The standard InChI is InChI=1S/C8H16N2O3/c1-8(11)9-2-3-10(12)4-6-13-7-5-10/h2-7H2,1H3,(H,9,11). The van der Waals surface area contributed by atoms with Crippen LogP contribution >= 0.6 is 0 Å². The molecule has 0 aromatic carbocycles. The summed E-state index contributed by atoms with van der Waals surface area (Å²) in [5, 5.41) is 14.4. The van der Waals surface area contributed by atoms with E-state index in [2.05, 4.69) is 5.32 Å². The summed E-state index contributed by atoms with van der Waals surface area (Å²) in [6, 6.07) is 0. The molecule has 5 heteroatoms. The van der Waals surface area contributed by atoms with E-state index in [9.17, 15) is 10.0 Å². The third-order valence-electron chi connectivity index (χ3n) is 2.18.